The number of hydrogen-bond donors (Lipinski definition) is 2. The summed E-state index contributed by atoms with van der Waals surface area (Å²) in [4.78, 5) is 23.8. The van der Waals surface area contributed by atoms with E-state index in [9.17, 15) is 9.59 Å². The lowest BCUT2D eigenvalue weighted by atomic mass is 9.99. The standard InChI is InChI=1S/C18H28N2O2/c1-5-7-8-15(6-2)12-19-17(21)18(22)20-16-10-9-13(3)11-14(16)4/h9-11,15H,5-8,12H2,1-4H3,(H,19,21)(H,20,22). The van der Waals surface area contributed by atoms with Crippen molar-refractivity contribution < 1.29 is 9.59 Å². The quantitative estimate of drug-likeness (QED) is 0.757. The average molecular weight is 304 g/mol. The van der Waals surface area contributed by atoms with Crippen molar-refractivity contribution in [1.29, 1.82) is 0 Å². The molecule has 122 valence electrons. The lowest BCUT2D eigenvalue weighted by molar-refractivity contribution is -0.136. The summed E-state index contributed by atoms with van der Waals surface area (Å²) in [6, 6.07) is 5.72. The fourth-order valence-corrected chi connectivity index (χ4v) is 2.39. The molecule has 0 heterocycles. The molecule has 1 aromatic rings. The summed E-state index contributed by atoms with van der Waals surface area (Å²) in [5.41, 5.74) is 2.76. The molecule has 0 saturated carbocycles. The zero-order valence-corrected chi connectivity index (χ0v) is 14.2. The van der Waals surface area contributed by atoms with Gasteiger partial charge in [0.15, 0.2) is 0 Å². The number of carbonyl (C=O) groups excluding carboxylic acids is 2. The second-order valence-electron chi connectivity index (χ2n) is 5.90. The Hall–Kier alpha value is -1.84. The van der Waals surface area contributed by atoms with E-state index in [0.29, 0.717) is 18.2 Å². The second-order valence-corrected chi connectivity index (χ2v) is 5.90. The van der Waals surface area contributed by atoms with Gasteiger partial charge in [0.05, 0.1) is 0 Å². The van der Waals surface area contributed by atoms with E-state index in [1.807, 2.05) is 32.0 Å². The summed E-state index contributed by atoms with van der Waals surface area (Å²) in [6.45, 7) is 8.74. The smallest absolute Gasteiger partial charge is 0.313 e. The van der Waals surface area contributed by atoms with Crippen molar-refractivity contribution in [2.45, 2.75) is 53.4 Å². The third-order valence-electron chi connectivity index (χ3n) is 3.93. The topological polar surface area (TPSA) is 58.2 Å². The minimum atomic E-state index is -0.600. The lowest BCUT2D eigenvalue weighted by Crippen LogP contribution is -2.38. The van der Waals surface area contributed by atoms with E-state index in [4.69, 9.17) is 0 Å². The van der Waals surface area contributed by atoms with Crippen molar-refractivity contribution in [2.24, 2.45) is 5.92 Å². The van der Waals surface area contributed by atoms with Gasteiger partial charge in [0, 0.05) is 12.2 Å². The first-order valence-electron chi connectivity index (χ1n) is 8.14. The Morgan fingerprint density at radius 2 is 1.86 bits per heavy atom. The molecule has 1 aromatic carbocycles. The van der Waals surface area contributed by atoms with Crippen molar-refractivity contribution >= 4 is 17.5 Å². The molecule has 0 saturated heterocycles. The van der Waals surface area contributed by atoms with Gasteiger partial charge >= 0.3 is 11.8 Å². The van der Waals surface area contributed by atoms with Crippen molar-refractivity contribution in [3.05, 3.63) is 29.3 Å². The number of unbranched alkanes of at least 4 members (excludes halogenated alkanes) is 1. The van der Waals surface area contributed by atoms with Crippen LogP contribution < -0.4 is 10.6 Å². The molecule has 0 aliphatic heterocycles. The van der Waals surface area contributed by atoms with Crippen LogP contribution in [-0.2, 0) is 9.59 Å². The molecule has 0 bridgehead atoms. The Morgan fingerprint density at radius 1 is 1.14 bits per heavy atom. The van der Waals surface area contributed by atoms with Crippen LogP contribution in [0.15, 0.2) is 18.2 Å². The van der Waals surface area contributed by atoms with Gasteiger partial charge in [-0.2, -0.15) is 0 Å². The number of rotatable bonds is 7. The SMILES string of the molecule is CCCCC(CC)CNC(=O)C(=O)Nc1ccc(C)cc1C. The molecule has 1 rings (SSSR count). The fourth-order valence-electron chi connectivity index (χ4n) is 2.39. The maximum absolute atomic E-state index is 11.9. The first kappa shape index (κ1) is 18.2. The molecule has 0 fully saturated rings. The third kappa shape index (κ3) is 5.88. The summed E-state index contributed by atoms with van der Waals surface area (Å²) in [5.74, 6) is -0.718. The molecule has 0 spiro atoms. The van der Waals surface area contributed by atoms with Gasteiger partial charge in [0.25, 0.3) is 0 Å². The van der Waals surface area contributed by atoms with Crippen molar-refractivity contribution in [2.75, 3.05) is 11.9 Å². The van der Waals surface area contributed by atoms with Gasteiger partial charge in [-0.3, -0.25) is 9.59 Å². The zero-order valence-electron chi connectivity index (χ0n) is 14.2. The van der Waals surface area contributed by atoms with E-state index in [-0.39, 0.29) is 0 Å². The highest BCUT2D eigenvalue weighted by molar-refractivity contribution is 6.39. The molecule has 2 N–H and O–H groups in total. The normalized spacial score (nSPS) is 11.8. The number of benzene rings is 1. The summed E-state index contributed by atoms with van der Waals surface area (Å²) in [5, 5.41) is 5.41. The number of anilines is 1. The average Bonchev–Trinajstić information content (AvgIpc) is 2.49. The summed E-state index contributed by atoms with van der Waals surface area (Å²) in [6.07, 6.45) is 4.41. The molecule has 0 radical (unpaired) electrons. The summed E-state index contributed by atoms with van der Waals surface area (Å²) in [7, 11) is 0. The first-order valence-corrected chi connectivity index (χ1v) is 8.14. The molecule has 0 aromatic heterocycles. The Labute approximate surface area is 133 Å². The summed E-state index contributed by atoms with van der Waals surface area (Å²) < 4.78 is 0. The highest BCUT2D eigenvalue weighted by atomic mass is 16.2. The van der Waals surface area contributed by atoms with Crippen molar-refractivity contribution in [3.63, 3.8) is 0 Å². The molecular formula is C18H28N2O2. The van der Waals surface area contributed by atoms with Gasteiger partial charge in [0.1, 0.15) is 0 Å². The predicted octanol–water partition coefficient (Wildman–Crippen LogP) is 3.57. The number of aryl methyl sites for hydroxylation is 2. The number of amides is 2. The van der Waals surface area contributed by atoms with Gasteiger partial charge in [-0.15, -0.1) is 0 Å². The molecule has 22 heavy (non-hydrogen) atoms. The minimum Gasteiger partial charge on any atom is -0.348 e. The van der Waals surface area contributed by atoms with Gasteiger partial charge in [-0.1, -0.05) is 50.8 Å². The van der Waals surface area contributed by atoms with Gasteiger partial charge in [-0.25, -0.2) is 0 Å². The van der Waals surface area contributed by atoms with Crippen LogP contribution in [0.25, 0.3) is 0 Å². The molecule has 4 heteroatoms. The van der Waals surface area contributed by atoms with Crippen LogP contribution in [-0.4, -0.2) is 18.4 Å². The van der Waals surface area contributed by atoms with Crippen molar-refractivity contribution in [1.82, 2.24) is 5.32 Å². The van der Waals surface area contributed by atoms with E-state index in [2.05, 4.69) is 24.5 Å². The van der Waals surface area contributed by atoms with Gasteiger partial charge in [0.2, 0.25) is 0 Å². The van der Waals surface area contributed by atoms with Crippen LogP contribution in [0.1, 0.15) is 50.7 Å². The Morgan fingerprint density at radius 3 is 2.45 bits per heavy atom. The highest BCUT2D eigenvalue weighted by Gasteiger charge is 2.16. The Bertz CT molecular complexity index is 512. The number of nitrogens with one attached hydrogen (secondary N) is 2. The third-order valence-corrected chi connectivity index (χ3v) is 3.93. The number of carbonyl (C=O) groups is 2. The van der Waals surface area contributed by atoms with Crippen LogP contribution in [0.5, 0.6) is 0 Å². The molecular weight excluding hydrogens is 276 g/mol. The minimum absolute atomic E-state index is 0.442. The van der Waals surface area contributed by atoms with Crippen LogP contribution >= 0.6 is 0 Å². The Balaban J connectivity index is 2.49. The first-order chi connectivity index (χ1) is 10.5. The van der Waals surface area contributed by atoms with Crippen LogP contribution in [0.3, 0.4) is 0 Å². The van der Waals surface area contributed by atoms with E-state index < -0.39 is 11.8 Å². The molecule has 4 nitrogen and oxygen atoms in total. The maximum atomic E-state index is 11.9. The van der Waals surface area contributed by atoms with Gasteiger partial charge in [-0.05, 0) is 37.8 Å². The molecule has 2 amide bonds. The van der Waals surface area contributed by atoms with Crippen molar-refractivity contribution in [3.8, 4) is 0 Å². The fraction of sp³-hybridized carbons (Fsp3) is 0.556. The second kappa shape index (κ2) is 9.23. The monoisotopic (exact) mass is 304 g/mol. The zero-order chi connectivity index (χ0) is 16.5. The molecule has 0 aliphatic carbocycles. The molecule has 1 atom stereocenters. The Kier molecular flexibility index (Phi) is 7.64. The van der Waals surface area contributed by atoms with E-state index >= 15 is 0 Å². The van der Waals surface area contributed by atoms with E-state index in [1.54, 1.807) is 0 Å². The van der Waals surface area contributed by atoms with Crippen LogP contribution in [0.2, 0.25) is 0 Å². The van der Waals surface area contributed by atoms with E-state index in [0.717, 1.165) is 36.8 Å². The van der Waals surface area contributed by atoms with E-state index in [1.165, 1.54) is 0 Å². The molecule has 0 aliphatic rings. The van der Waals surface area contributed by atoms with Crippen LogP contribution in [0.4, 0.5) is 5.69 Å². The lowest BCUT2D eigenvalue weighted by Gasteiger charge is -2.15. The number of hydrogen-bond acceptors (Lipinski definition) is 2. The largest absolute Gasteiger partial charge is 0.348 e. The predicted molar refractivity (Wildman–Crippen MR) is 90.9 cm³/mol. The van der Waals surface area contributed by atoms with Gasteiger partial charge < -0.3 is 10.6 Å². The highest BCUT2D eigenvalue weighted by Crippen LogP contribution is 2.16. The maximum Gasteiger partial charge on any atom is 0.313 e. The van der Waals surface area contributed by atoms with Crippen LogP contribution in [0, 0.1) is 19.8 Å². The summed E-state index contributed by atoms with van der Waals surface area (Å²) >= 11 is 0. The molecule has 1 unspecified atom stereocenters.